The lowest BCUT2D eigenvalue weighted by molar-refractivity contribution is -0.120. The molecule has 0 spiro atoms. The number of likely N-dealkylation sites (tertiary alicyclic amines) is 1. The Morgan fingerprint density at radius 2 is 1.88 bits per heavy atom. The number of amides is 3. The second-order valence-corrected chi connectivity index (χ2v) is 6.73. The van der Waals surface area contributed by atoms with Crippen LogP contribution in [-0.4, -0.2) is 46.6 Å². The number of hydrogen-bond donors (Lipinski definition) is 2. The maximum atomic E-state index is 12.6. The van der Waals surface area contributed by atoms with Crippen LogP contribution in [0, 0.1) is 0 Å². The van der Waals surface area contributed by atoms with E-state index in [1.54, 1.807) is 29.2 Å². The van der Waals surface area contributed by atoms with Gasteiger partial charge in [-0.3, -0.25) is 14.4 Å². The summed E-state index contributed by atoms with van der Waals surface area (Å²) >= 11 is 11.0. The van der Waals surface area contributed by atoms with Gasteiger partial charge in [-0.1, -0.05) is 29.3 Å². The molecule has 0 aromatic heterocycles. The summed E-state index contributed by atoms with van der Waals surface area (Å²) in [5.74, 6) is -0.696. The van der Waals surface area contributed by atoms with E-state index in [1.165, 1.54) is 6.92 Å². The number of alkyl halides is 2. The zero-order valence-electron chi connectivity index (χ0n) is 13.2. The first-order valence-corrected chi connectivity index (χ1v) is 8.49. The molecule has 130 valence electrons. The minimum atomic E-state index is -1.08. The van der Waals surface area contributed by atoms with E-state index in [4.69, 9.17) is 23.2 Å². The topological polar surface area (TPSA) is 78.5 Å². The molecular formula is C16H19Cl2N3O3. The molecule has 1 saturated heterocycles. The molecule has 2 N–H and O–H groups in total. The smallest absolute Gasteiger partial charge is 0.253 e. The van der Waals surface area contributed by atoms with Crippen molar-refractivity contribution in [3.8, 4) is 0 Å². The molecule has 0 unspecified atom stereocenters. The van der Waals surface area contributed by atoms with Crippen molar-refractivity contribution in [1.29, 1.82) is 0 Å². The van der Waals surface area contributed by atoms with E-state index < -0.39 is 10.7 Å². The Bertz CT molecular complexity index is 629. The fraction of sp³-hybridized carbons (Fsp3) is 0.438. The summed E-state index contributed by atoms with van der Waals surface area (Å²) in [5, 5.41) is 5.42. The molecule has 1 aliphatic rings. The second kappa shape index (κ2) is 8.35. The number of carbonyl (C=O) groups is 3. The third kappa shape index (κ3) is 5.11. The van der Waals surface area contributed by atoms with Gasteiger partial charge >= 0.3 is 0 Å². The normalized spacial score (nSPS) is 15.2. The first-order chi connectivity index (χ1) is 11.4. The van der Waals surface area contributed by atoms with Crippen LogP contribution in [0.4, 0.5) is 5.69 Å². The van der Waals surface area contributed by atoms with Crippen LogP contribution in [0.2, 0.25) is 0 Å². The molecule has 2 rings (SSSR count). The van der Waals surface area contributed by atoms with E-state index in [9.17, 15) is 14.4 Å². The largest absolute Gasteiger partial charge is 0.351 e. The summed E-state index contributed by atoms with van der Waals surface area (Å²) < 4.78 is 0. The number of anilines is 1. The standard InChI is InChI=1S/C16H19Cl2N3O3/c1-10(22)19-13-4-2-3-11(9-13)16(24)21-7-5-12(6-8-21)20-15(23)14(17)18/h2-4,9,12,14H,5-8H2,1H3,(H,19,22)(H,20,23). The third-order valence-electron chi connectivity index (χ3n) is 3.76. The monoisotopic (exact) mass is 371 g/mol. The van der Waals surface area contributed by atoms with Crippen molar-refractivity contribution in [2.75, 3.05) is 18.4 Å². The number of piperidine rings is 1. The van der Waals surface area contributed by atoms with Crippen molar-refractivity contribution >= 4 is 46.6 Å². The summed E-state index contributed by atoms with van der Waals surface area (Å²) in [6.07, 6.45) is 1.28. The zero-order valence-corrected chi connectivity index (χ0v) is 14.7. The average molecular weight is 372 g/mol. The highest BCUT2D eigenvalue weighted by molar-refractivity contribution is 6.53. The molecule has 1 aliphatic heterocycles. The van der Waals surface area contributed by atoms with Gasteiger partial charge in [0.1, 0.15) is 0 Å². The Kier molecular flexibility index (Phi) is 6.45. The Morgan fingerprint density at radius 1 is 1.21 bits per heavy atom. The molecule has 3 amide bonds. The van der Waals surface area contributed by atoms with Crippen LogP contribution >= 0.6 is 23.2 Å². The Hall–Kier alpha value is -1.79. The molecule has 0 bridgehead atoms. The number of rotatable bonds is 4. The van der Waals surface area contributed by atoms with Gasteiger partial charge in [0.25, 0.3) is 11.8 Å². The Balaban J connectivity index is 1.93. The van der Waals surface area contributed by atoms with Gasteiger partial charge in [-0.05, 0) is 31.0 Å². The van der Waals surface area contributed by atoms with E-state index in [1.807, 2.05) is 0 Å². The number of nitrogens with one attached hydrogen (secondary N) is 2. The first kappa shape index (κ1) is 18.5. The third-order valence-corrected chi connectivity index (χ3v) is 4.15. The van der Waals surface area contributed by atoms with Crippen molar-refractivity contribution < 1.29 is 14.4 Å². The number of carbonyl (C=O) groups excluding carboxylic acids is 3. The molecule has 1 aromatic rings. The van der Waals surface area contributed by atoms with E-state index in [-0.39, 0.29) is 17.9 Å². The Morgan fingerprint density at radius 3 is 2.46 bits per heavy atom. The van der Waals surface area contributed by atoms with Gasteiger partial charge < -0.3 is 15.5 Å². The highest BCUT2D eigenvalue weighted by Gasteiger charge is 2.25. The Labute approximate surface area is 150 Å². The van der Waals surface area contributed by atoms with Gasteiger partial charge in [0, 0.05) is 37.3 Å². The minimum absolute atomic E-state index is 0.0349. The zero-order chi connectivity index (χ0) is 17.7. The van der Waals surface area contributed by atoms with Gasteiger partial charge in [0.05, 0.1) is 0 Å². The fourth-order valence-corrected chi connectivity index (χ4v) is 2.73. The van der Waals surface area contributed by atoms with Crippen molar-refractivity contribution in [1.82, 2.24) is 10.2 Å². The van der Waals surface area contributed by atoms with Crippen LogP contribution < -0.4 is 10.6 Å². The van der Waals surface area contributed by atoms with E-state index in [0.717, 1.165) is 0 Å². The predicted octanol–water partition coefficient (Wildman–Crippen LogP) is 2.17. The van der Waals surface area contributed by atoms with Crippen LogP contribution in [0.3, 0.4) is 0 Å². The maximum Gasteiger partial charge on any atom is 0.253 e. The SMILES string of the molecule is CC(=O)Nc1cccc(C(=O)N2CCC(NC(=O)C(Cl)Cl)CC2)c1. The molecular weight excluding hydrogens is 353 g/mol. The van der Waals surface area contributed by atoms with E-state index in [0.29, 0.717) is 37.2 Å². The lowest BCUT2D eigenvalue weighted by Gasteiger charge is -2.32. The number of hydrogen-bond acceptors (Lipinski definition) is 3. The molecule has 1 fully saturated rings. The number of nitrogens with zero attached hydrogens (tertiary/aromatic N) is 1. The summed E-state index contributed by atoms with van der Waals surface area (Å²) in [7, 11) is 0. The van der Waals surface area contributed by atoms with Crippen LogP contribution in [0.25, 0.3) is 0 Å². The van der Waals surface area contributed by atoms with Gasteiger partial charge in [-0.25, -0.2) is 0 Å². The van der Waals surface area contributed by atoms with Crippen LogP contribution in [0.15, 0.2) is 24.3 Å². The molecule has 8 heteroatoms. The second-order valence-electron chi connectivity index (χ2n) is 5.64. The van der Waals surface area contributed by atoms with E-state index >= 15 is 0 Å². The molecule has 1 aromatic carbocycles. The molecule has 0 aliphatic carbocycles. The van der Waals surface area contributed by atoms with Gasteiger partial charge in [0.15, 0.2) is 4.84 Å². The molecule has 24 heavy (non-hydrogen) atoms. The number of benzene rings is 1. The van der Waals surface area contributed by atoms with Gasteiger partial charge in [-0.15, -0.1) is 0 Å². The van der Waals surface area contributed by atoms with E-state index in [2.05, 4.69) is 10.6 Å². The van der Waals surface area contributed by atoms with Gasteiger partial charge in [0.2, 0.25) is 5.91 Å². The lowest BCUT2D eigenvalue weighted by Crippen LogP contribution is -2.47. The summed E-state index contributed by atoms with van der Waals surface area (Å²) in [6, 6.07) is 6.80. The molecule has 0 radical (unpaired) electrons. The van der Waals surface area contributed by atoms with Gasteiger partial charge in [-0.2, -0.15) is 0 Å². The van der Waals surface area contributed by atoms with Crippen molar-refractivity contribution in [3.05, 3.63) is 29.8 Å². The fourth-order valence-electron chi connectivity index (χ4n) is 2.61. The van der Waals surface area contributed by atoms with Crippen molar-refractivity contribution in [2.45, 2.75) is 30.6 Å². The molecule has 0 atom stereocenters. The predicted molar refractivity (Wildman–Crippen MR) is 93.3 cm³/mol. The highest BCUT2D eigenvalue weighted by Crippen LogP contribution is 2.17. The summed E-state index contributed by atoms with van der Waals surface area (Å²) in [4.78, 5) is 35.8. The molecule has 6 nitrogen and oxygen atoms in total. The van der Waals surface area contributed by atoms with Crippen LogP contribution in [0.5, 0.6) is 0 Å². The average Bonchev–Trinajstić information content (AvgIpc) is 2.54. The number of halogens is 2. The lowest BCUT2D eigenvalue weighted by atomic mass is 10.0. The molecule has 0 saturated carbocycles. The van der Waals surface area contributed by atoms with Crippen molar-refractivity contribution in [2.24, 2.45) is 0 Å². The minimum Gasteiger partial charge on any atom is -0.351 e. The summed E-state index contributed by atoms with van der Waals surface area (Å²) in [6.45, 7) is 2.48. The van der Waals surface area contributed by atoms with Crippen LogP contribution in [-0.2, 0) is 9.59 Å². The quantitative estimate of drug-likeness (QED) is 0.796. The summed E-state index contributed by atoms with van der Waals surface area (Å²) in [5.41, 5.74) is 1.11. The van der Waals surface area contributed by atoms with Crippen LogP contribution in [0.1, 0.15) is 30.1 Å². The first-order valence-electron chi connectivity index (χ1n) is 7.62. The van der Waals surface area contributed by atoms with Crippen molar-refractivity contribution in [3.63, 3.8) is 0 Å². The molecule has 1 heterocycles. The maximum absolute atomic E-state index is 12.6. The highest BCUT2D eigenvalue weighted by atomic mass is 35.5.